The van der Waals surface area contributed by atoms with Crippen LogP contribution in [-0.4, -0.2) is 9.97 Å². The molecule has 0 unspecified atom stereocenters. The minimum absolute atomic E-state index is 0.737. The Labute approximate surface area is 232 Å². The molecular weight excluding hydrogens is 484 g/mol. The number of nitrogens with zero attached hydrogens (tertiary/aromatic N) is 2. The Kier molecular flexibility index (Phi) is 5.17. The fourth-order valence-electron chi connectivity index (χ4n) is 5.91. The van der Waals surface area contributed by atoms with Crippen LogP contribution in [0.3, 0.4) is 0 Å². The molecular formula is C38H24N2. The standard InChI is InChI=1S/C38H24N2/c1-3-11-26(12-4-1)36-33-22-21-25-19-20-29(24-35(25)37(33)40-38(39-36)27-13-5-2-6-14-27)34-23-28-15-7-8-16-30(28)31-17-9-10-18-32(31)34/h1-24H. The van der Waals surface area contributed by atoms with Crippen LogP contribution in [0.5, 0.6) is 0 Å². The first-order valence-electron chi connectivity index (χ1n) is 13.6. The van der Waals surface area contributed by atoms with Gasteiger partial charge in [-0.1, -0.05) is 127 Å². The highest BCUT2D eigenvalue weighted by Gasteiger charge is 2.15. The first-order valence-corrected chi connectivity index (χ1v) is 13.6. The van der Waals surface area contributed by atoms with Crippen molar-refractivity contribution in [3.05, 3.63) is 146 Å². The van der Waals surface area contributed by atoms with E-state index in [2.05, 4.69) is 121 Å². The molecule has 2 nitrogen and oxygen atoms in total. The highest BCUT2D eigenvalue weighted by molar-refractivity contribution is 6.15. The first kappa shape index (κ1) is 22.6. The van der Waals surface area contributed by atoms with Gasteiger partial charge in [0.2, 0.25) is 0 Å². The van der Waals surface area contributed by atoms with Gasteiger partial charge < -0.3 is 0 Å². The number of hydrogen-bond acceptors (Lipinski definition) is 2. The Morgan fingerprint density at radius 1 is 0.350 bits per heavy atom. The van der Waals surface area contributed by atoms with Crippen LogP contribution in [0.2, 0.25) is 0 Å². The summed E-state index contributed by atoms with van der Waals surface area (Å²) in [5.74, 6) is 0.737. The summed E-state index contributed by atoms with van der Waals surface area (Å²) >= 11 is 0. The van der Waals surface area contributed by atoms with E-state index in [4.69, 9.17) is 9.97 Å². The van der Waals surface area contributed by atoms with Gasteiger partial charge in [-0.05, 0) is 56.3 Å². The summed E-state index contributed by atoms with van der Waals surface area (Å²) < 4.78 is 0. The molecule has 0 spiro atoms. The summed E-state index contributed by atoms with van der Waals surface area (Å²) in [5.41, 5.74) is 6.43. The highest BCUT2D eigenvalue weighted by Crippen LogP contribution is 2.38. The maximum Gasteiger partial charge on any atom is 0.160 e. The molecule has 0 N–H and O–H groups in total. The predicted molar refractivity (Wildman–Crippen MR) is 168 cm³/mol. The third kappa shape index (κ3) is 3.65. The van der Waals surface area contributed by atoms with Crippen molar-refractivity contribution in [2.45, 2.75) is 0 Å². The van der Waals surface area contributed by atoms with Gasteiger partial charge in [0.15, 0.2) is 5.82 Å². The second kappa shape index (κ2) is 9.14. The summed E-state index contributed by atoms with van der Waals surface area (Å²) in [7, 11) is 0. The Morgan fingerprint density at radius 3 is 1.80 bits per heavy atom. The zero-order valence-electron chi connectivity index (χ0n) is 21.8. The average Bonchev–Trinajstić information content (AvgIpc) is 3.04. The molecule has 1 heterocycles. The van der Waals surface area contributed by atoms with Crippen LogP contribution >= 0.6 is 0 Å². The second-order valence-corrected chi connectivity index (χ2v) is 10.2. The molecule has 40 heavy (non-hydrogen) atoms. The molecule has 2 heteroatoms. The van der Waals surface area contributed by atoms with Gasteiger partial charge in [-0.15, -0.1) is 0 Å². The minimum atomic E-state index is 0.737. The van der Waals surface area contributed by atoms with E-state index in [1.54, 1.807) is 0 Å². The van der Waals surface area contributed by atoms with Crippen molar-refractivity contribution in [1.82, 2.24) is 9.97 Å². The summed E-state index contributed by atoms with van der Waals surface area (Å²) in [6, 6.07) is 51.5. The molecule has 8 rings (SSSR count). The maximum atomic E-state index is 5.20. The van der Waals surface area contributed by atoms with Crippen molar-refractivity contribution in [3.63, 3.8) is 0 Å². The van der Waals surface area contributed by atoms with Gasteiger partial charge in [-0.25, -0.2) is 9.97 Å². The molecule has 0 radical (unpaired) electrons. The zero-order valence-corrected chi connectivity index (χ0v) is 21.8. The van der Waals surface area contributed by atoms with Gasteiger partial charge in [0, 0.05) is 21.9 Å². The lowest BCUT2D eigenvalue weighted by molar-refractivity contribution is 1.23. The number of hydrogen-bond donors (Lipinski definition) is 0. The van der Waals surface area contributed by atoms with Gasteiger partial charge in [-0.3, -0.25) is 0 Å². The monoisotopic (exact) mass is 508 g/mol. The molecule has 0 aliphatic carbocycles. The van der Waals surface area contributed by atoms with Gasteiger partial charge in [0.25, 0.3) is 0 Å². The fourth-order valence-corrected chi connectivity index (χ4v) is 5.91. The van der Waals surface area contributed by atoms with Crippen molar-refractivity contribution in [3.8, 4) is 33.8 Å². The summed E-state index contributed by atoms with van der Waals surface area (Å²) in [5, 5.41) is 8.40. The van der Waals surface area contributed by atoms with Crippen LogP contribution in [0.4, 0.5) is 0 Å². The first-order chi connectivity index (χ1) is 19.8. The van der Waals surface area contributed by atoms with Crippen molar-refractivity contribution in [1.29, 1.82) is 0 Å². The van der Waals surface area contributed by atoms with E-state index in [9.17, 15) is 0 Å². The molecule has 0 amide bonds. The lowest BCUT2D eigenvalue weighted by Crippen LogP contribution is -1.96. The topological polar surface area (TPSA) is 25.8 Å². The molecule has 0 saturated heterocycles. The van der Waals surface area contributed by atoms with Crippen molar-refractivity contribution >= 4 is 43.2 Å². The van der Waals surface area contributed by atoms with E-state index in [1.165, 1.54) is 32.7 Å². The van der Waals surface area contributed by atoms with Crippen LogP contribution in [0.25, 0.3) is 77.0 Å². The summed E-state index contributed by atoms with van der Waals surface area (Å²) in [6.07, 6.45) is 0. The number of fused-ring (bicyclic) bond motifs is 6. The molecule has 0 bridgehead atoms. The molecule has 8 aromatic rings. The number of benzene rings is 7. The summed E-state index contributed by atoms with van der Waals surface area (Å²) in [4.78, 5) is 10.3. The van der Waals surface area contributed by atoms with Crippen molar-refractivity contribution < 1.29 is 0 Å². The van der Waals surface area contributed by atoms with Crippen molar-refractivity contribution in [2.24, 2.45) is 0 Å². The van der Waals surface area contributed by atoms with E-state index < -0.39 is 0 Å². The quantitative estimate of drug-likeness (QED) is 0.222. The average molecular weight is 509 g/mol. The third-order valence-electron chi connectivity index (χ3n) is 7.84. The zero-order chi connectivity index (χ0) is 26.5. The van der Waals surface area contributed by atoms with Crippen LogP contribution in [0, 0.1) is 0 Å². The van der Waals surface area contributed by atoms with E-state index >= 15 is 0 Å². The van der Waals surface area contributed by atoms with E-state index in [0.717, 1.165) is 44.3 Å². The minimum Gasteiger partial charge on any atom is -0.227 e. The molecule has 0 atom stereocenters. The van der Waals surface area contributed by atoms with E-state index in [0.29, 0.717) is 0 Å². The highest BCUT2D eigenvalue weighted by atomic mass is 14.9. The number of aromatic nitrogens is 2. The number of rotatable bonds is 3. The lowest BCUT2D eigenvalue weighted by atomic mass is 9.91. The van der Waals surface area contributed by atoms with Crippen LogP contribution in [0.15, 0.2) is 146 Å². The Hall–Kier alpha value is -5.34. The van der Waals surface area contributed by atoms with Gasteiger partial charge in [0.05, 0.1) is 11.2 Å². The van der Waals surface area contributed by atoms with Crippen molar-refractivity contribution in [2.75, 3.05) is 0 Å². The van der Waals surface area contributed by atoms with Gasteiger partial charge in [-0.2, -0.15) is 0 Å². The van der Waals surface area contributed by atoms with Crippen LogP contribution < -0.4 is 0 Å². The van der Waals surface area contributed by atoms with E-state index in [-0.39, 0.29) is 0 Å². The molecule has 0 aliphatic heterocycles. The largest absolute Gasteiger partial charge is 0.227 e. The third-order valence-corrected chi connectivity index (χ3v) is 7.84. The van der Waals surface area contributed by atoms with E-state index in [1.807, 2.05) is 24.3 Å². The molecule has 1 aromatic heterocycles. The molecule has 186 valence electrons. The van der Waals surface area contributed by atoms with Crippen LogP contribution in [0.1, 0.15) is 0 Å². The summed E-state index contributed by atoms with van der Waals surface area (Å²) in [6.45, 7) is 0. The molecule has 0 saturated carbocycles. The lowest BCUT2D eigenvalue weighted by Gasteiger charge is -2.14. The van der Waals surface area contributed by atoms with Gasteiger partial charge >= 0.3 is 0 Å². The SMILES string of the molecule is c1ccc(-c2nc(-c3ccccc3)c3ccc4ccc(-c5cc6ccccc6c6ccccc56)cc4c3n2)cc1. The normalized spacial score (nSPS) is 11.5. The molecule has 0 fully saturated rings. The molecule has 7 aromatic carbocycles. The fraction of sp³-hybridized carbons (Fsp3) is 0. The second-order valence-electron chi connectivity index (χ2n) is 10.2. The Morgan fingerprint density at radius 2 is 1.00 bits per heavy atom. The maximum absolute atomic E-state index is 5.20. The van der Waals surface area contributed by atoms with Crippen LogP contribution in [-0.2, 0) is 0 Å². The Balaban J connectivity index is 1.45. The Bertz CT molecular complexity index is 2200. The smallest absolute Gasteiger partial charge is 0.160 e. The van der Waals surface area contributed by atoms with Gasteiger partial charge in [0.1, 0.15) is 0 Å². The molecule has 0 aliphatic rings. The predicted octanol–water partition coefficient (Wildman–Crippen LogP) is 10.1.